The monoisotopic (exact) mass is 469 g/mol. The first kappa shape index (κ1) is 23.2. The highest BCUT2D eigenvalue weighted by Gasteiger charge is 2.31. The number of ether oxygens (including phenoxy) is 1. The number of nitrogens with one attached hydrogen (secondary N) is 2. The number of aryl methyl sites for hydroxylation is 1. The van der Waals surface area contributed by atoms with E-state index in [0.29, 0.717) is 17.3 Å². The number of nitrogens with zero attached hydrogens (tertiary/aromatic N) is 3. The third kappa shape index (κ3) is 6.77. The fourth-order valence-corrected chi connectivity index (χ4v) is 4.11. The molecule has 2 aromatic carbocycles. The number of carbonyl (C=O) groups is 1. The van der Waals surface area contributed by atoms with Gasteiger partial charge in [0.1, 0.15) is 6.10 Å². The molecule has 2 heterocycles. The van der Waals surface area contributed by atoms with Crippen LogP contribution in [0, 0.1) is 0 Å². The van der Waals surface area contributed by atoms with Crippen molar-refractivity contribution in [2.75, 3.05) is 11.9 Å². The summed E-state index contributed by atoms with van der Waals surface area (Å²) >= 11 is 5.87. The molecule has 2 amide bonds. The number of aliphatic hydroxyl groups excluding tert-OH is 1. The molecule has 1 aliphatic heterocycles. The van der Waals surface area contributed by atoms with Crippen molar-refractivity contribution in [1.82, 2.24) is 20.3 Å². The van der Waals surface area contributed by atoms with Gasteiger partial charge in [0.15, 0.2) is 0 Å². The number of urea groups is 1. The van der Waals surface area contributed by atoms with Crippen molar-refractivity contribution in [2.45, 2.75) is 50.5 Å². The largest absolute Gasteiger partial charge is 0.394 e. The van der Waals surface area contributed by atoms with Crippen LogP contribution >= 0.6 is 11.6 Å². The van der Waals surface area contributed by atoms with Gasteiger partial charge in [-0.2, -0.15) is 0 Å². The summed E-state index contributed by atoms with van der Waals surface area (Å²) in [6.45, 7) is 0.521. The summed E-state index contributed by atoms with van der Waals surface area (Å²) in [4.78, 5) is 12.3. The molecule has 3 atom stereocenters. The Bertz CT molecular complexity index is 1030. The number of aliphatic hydroxyl groups is 1. The SMILES string of the molecule is O=C(Nc1ccc(Cl)cc1)N[C@@H]1CC[C@@H](CCn2cc(Cc3ccccc3)nn2)O[C@@H]1CO. The number of hydrogen-bond acceptors (Lipinski definition) is 5. The first-order valence-corrected chi connectivity index (χ1v) is 11.5. The Morgan fingerprint density at radius 1 is 1.15 bits per heavy atom. The molecule has 1 fully saturated rings. The maximum absolute atomic E-state index is 12.3. The molecule has 1 aliphatic rings. The predicted octanol–water partition coefficient (Wildman–Crippen LogP) is 3.64. The molecule has 0 radical (unpaired) electrons. The smallest absolute Gasteiger partial charge is 0.319 e. The number of hydrogen-bond donors (Lipinski definition) is 3. The molecule has 0 aliphatic carbocycles. The number of halogens is 1. The van der Waals surface area contributed by atoms with Gasteiger partial charge in [-0.3, -0.25) is 4.68 Å². The van der Waals surface area contributed by atoms with Gasteiger partial charge in [-0.25, -0.2) is 4.79 Å². The summed E-state index contributed by atoms with van der Waals surface area (Å²) in [5.74, 6) is 0. The normalized spacial score (nSPS) is 20.4. The average Bonchev–Trinajstić information content (AvgIpc) is 3.27. The average molecular weight is 470 g/mol. The van der Waals surface area contributed by atoms with E-state index in [4.69, 9.17) is 16.3 Å². The van der Waals surface area contributed by atoms with Crippen LogP contribution in [0.2, 0.25) is 5.02 Å². The van der Waals surface area contributed by atoms with Gasteiger partial charge in [0, 0.05) is 29.9 Å². The van der Waals surface area contributed by atoms with E-state index in [1.165, 1.54) is 5.56 Å². The summed E-state index contributed by atoms with van der Waals surface area (Å²) in [5, 5.41) is 24.6. The molecule has 3 N–H and O–H groups in total. The van der Waals surface area contributed by atoms with E-state index in [1.807, 2.05) is 29.1 Å². The molecule has 33 heavy (non-hydrogen) atoms. The zero-order valence-corrected chi connectivity index (χ0v) is 19.0. The van der Waals surface area contributed by atoms with E-state index in [0.717, 1.165) is 31.4 Å². The van der Waals surface area contributed by atoms with Crippen molar-refractivity contribution in [2.24, 2.45) is 0 Å². The third-order valence-electron chi connectivity index (χ3n) is 5.71. The fraction of sp³-hybridized carbons (Fsp3) is 0.375. The zero-order chi connectivity index (χ0) is 23.0. The molecule has 0 bridgehead atoms. The number of anilines is 1. The fourth-order valence-electron chi connectivity index (χ4n) is 3.99. The van der Waals surface area contributed by atoms with E-state index in [-0.39, 0.29) is 24.8 Å². The van der Waals surface area contributed by atoms with Crippen LogP contribution in [0.4, 0.5) is 10.5 Å². The van der Waals surface area contributed by atoms with Crippen LogP contribution in [0.25, 0.3) is 0 Å². The quantitative estimate of drug-likeness (QED) is 0.467. The predicted molar refractivity (Wildman–Crippen MR) is 126 cm³/mol. The van der Waals surface area contributed by atoms with Gasteiger partial charge in [0.25, 0.3) is 0 Å². The Labute approximate surface area is 197 Å². The van der Waals surface area contributed by atoms with Gasteiger partial charge < -0.3 is 20.5 Å². The molecule has 1 saturated heterocycles. The van der Waals surface area contributed by atoms with Crippen molar-refractivity contribution in [1.29, 1.82) is 0 Å². The highest BCUT2D eigenvalue weighted by atomic mass is 35.5. The molecule has 4 rings (SSSR count). The zero-order valence-electron chi connectivity index (χ0n) is 18.2. The maximum atomic E-state index is 12.3. The Hall–Kier alpha value is -2.94. The first-order chi connectivity index (χ1) is 16.1. The Morgan fingerprint density at radius 2 is 1.94 bits per heavy atom. The van der Waals surface area contributed by atoms with Gasteiger partial charge in [-0.1, -0.05) is 47.1 Å². The van der Waals surface area contributed by atoms with E-state index < -0.39 is 6.10 Å². The van der Waals surface area contributed by atoms with Gasteiger partial charge in [0.05, 0.1) is 24.4 Å². The molecule has 3 aromatic rings. The molecule has 0 saturated carbocycles. The van der Waals surface area contributed by atoms with Crippen LogP contribution in [0.3, 0.4) is 0 Å². The summed E-state index contributed by atoms with van der Waals surface area (Å²) in [6.07, 6.45) is 4.51. The van der Waals surface area contributed by atoms with E-state index in [2.05, 4.69) is 33.1 Å². The molecule has 0 spiro atoms. The van der Waals surface area contributed by atoms with Crippen molar-refractivity contribution in [3.05, 3.63) is 77.1 Å². The topological polar surface area (TPSA) is 101 Å². The summed E-state index contributed by atoms with van der Waals surface area (Å²) < 4.78 is 7.90. The van der Waals surface area contributed by atoms with Gasteiger partial charge in [-0.15, -0.1) is 5.10 Å². The van der Waals surface area contributed by atoms with Crippen LogP contribution in [0.1, 0.15) is 30.5 Å². The summed E-state index contributed by atoms with van der Waals surface area (Å²) in [6, 6.07) is 16.5. The Kier molecular flexibility index (Phi) is 7.93. The van der Waals surface area contributed by atoms with Crippen molar-refractivity contribution in [3.63, 3.8) is 0 Å². The molecular formula is C24H28ClN5O3. The van der Waals surface area contributed by atoms with Gasteiger partial charge >= 0.3 is 6.03 Å². The molecular weight excluding hydrogens is 442 g/mol. The van der Waals surface area contributed by atoms with Crippen molar-refractivity contribution >= 4 is 23.3 Å². The minimum atomic E-state index is -0.455. The second-order valence-corrected chi connectivity index (χ2v) is 8.63. The lowest BCUT2D eigenvalue weighted by molar-refractivity contribution is -0.0905. The highest BCUT2D eigenvalue weighted by Crippen LogP contribution is 2.23. The van der Waals surface area contributed by atoms with Crippen LogP contribution in [0.15, 0.2) is 60.8 Å². The lowest BCUT2D eigenvalue weighted by Crippen LogP contribution is -2.52. The van der Waals surface area contributed by atoms with E-state index in [1.54, 1.807) is 24.3 Å². The molecule has 9 heteroatoms. The summed E-state index contributed by atoms with van der Waals surface area (Å²) in [7, 11) is 0. The highest BCUT2D eigenvalue weighted by molar-refractivity contribution is 6.30. The third-order valence-corrected chi connectivity index (χ3v) is 5.96. The van der Waals surface area contributed by atoms with Crippen molar-refractivity contribution < 1.29 is 14.6 Å². The molecule has 8 nitrogen and oxygen atoms in total. The number of amides is 2. The van der Waals surface area contributed by atoms with Crippen LogP contribution < -0.4 is 10.6 Å². The van der Waals surface area contributed by atoms with Gasteiger partial charge in [0.2, 0.25) is 0 Å². The van der Waals surface area contributed by atoms with Crippen LogP contribution in [0.5, 0.6) is 0 Å². The second-order valence-electron chi connectivity index (χ2n) is 8.19. The number of aromatic nitrogens is 3. The molecule has 0 unspecified atom stereocenters. The first-order valence-electron chi connectivity index (χ1n) is 11.1. The van der Waals surface area contributed by atoms with Crippen molar-refractivity contribution in [3.8, 4) is 0 Å². The minimum absolute atomic E-state index is 0.0127. The summed E-state index contributed by atoms with van der Waals surface area (Å²) in [5.41, 5.74) is 2.77. The Balaban J connectivity index is 1.23. The number of benzene rings is 2. The lowest BCUT2D eigenvalue weighted by atomic mass is 9.97. The lowest BCUT2D eigenvalue weighted by Gasteiger charge is -2.36. The van der Waals surface area contributed by atoms with E-state index >= 15 is 0 Å². The number of rotatable bonds is 8. The maximum Gasteiger partial charge on any atom is 0.319 e. The van der Waals surface area contributed by atoms with Crippen LogP contribution in [-0.4, -0.2) is 51.0 Å². The van der Waals surface area contributed by atoms with Crippen LogP contribution in [-0.2, 0) is 17.7 Å². The second kappa shape index (κ2) is 11.3. The Morgan fingerprint density at radius 3 is 2.70 bits per heavy atom. The molecule has 174 valence electrons. The van der Waals surface area contributed by atoms with E-state index in [9.17, 15) is 9.90 Å². The minimum Gasteiger partial charge on any atom is -0.394 e. The molecule has 1 aromatic heterocycles. The number of carbonyl (C=O) groups excluding carboxylic acids is 1. The van der Waals surface area contributed by atoms with Gasteiger partial charge in [-0.05, 0) is 49.1 Å². The standard InChI is InChI=1S/C24H28ClN5O3/c25-18-6-8-19(9-7-18)26-24(32)27-22-11-10-21(33-23(22)16-31)12-13-30-15-20(28-29-30)14-17-4-2-1-3-5-17/h1-9,15,21-23,31H,10-14,16H2,(H2,26,27,32)/t21-,22+,23+/m0/s1.